The molecule has 1 unspecified atom stereocenters. The van der Waals surface area contributed by atoms with Gasteiger partial charge in [0.25, 0.3) is 5.91 Å². The molecular weight excluding hydrogens is 387 g/mol. The van der Waals surface area contributed by atoms with Gasteiger partial charge in [-0.25, -0.2) is 14.6 Å². The van der Waals surface area contributed by atoms with E-state index in [1.807, 2.05) is 31.2 Å². The van der Waals surface area contributed by atoms with Crippen molar-refractivity contribution in [1.82, 2.24) is 24.6 Å². The van der Waals surface area contributed by atoms with Crippen LogP contribution in [0.5, 0.6) is 5.88 Å². The Bertz CT molecular complexity index is 941. The summed E-state index contributed by atoms with van der Waals surface area (Å²) < 4.78 is 42.7. The fraction of sp³-hybridized carbons (Fsp3) is 0.263. The number of alkyl halides is 3. The molecule has 0 aliphatic rings. The Hall–Kier alpha value is -3.43. The van der Waals surface area contributed by atoms with Crippen LogP contribution < -0.4 is 4.74 Å². The van der Waals surface area contributed by atoms with Crippen molar-refractivity contribution in [3.63, 3.8) is 0 Å². The fourth-order valence-electron chi connectivity index (χ4n) is 2.60. The smallest absolute Gasteiger partial charge is 0.422 e. The van der Waals surface area contributed by atoms with Crippen LogP contribution in [0, 0.1) is 0 Å². The number of amides is 1. The lowest BCUT2D eigenvalue weighted by Crippen LogP contribution is -2.29. The molecule has 3 rings (SSSR count). The lowest BCUT2D eigenvalue weighted by atomic mass is 10.1. The van der Waals surface area contributed by atoms with Crippen LogP contribution in [-0.4, -0.2) is 50.4 Å². The molecule has 2 heterocycles. The Balaban J connectivity index is 1.66. The van der Waals surface area contributed by atoms with E-state index in [9.17, 15) is 18.0 Å². The second kappa shape index (κ2) is 8.29. The van der Waals surface area contributed by atoms with Crippen molar-refractivity contribution in [3.8, 4) is 11.6 Å². The van der Waals surface area contributed by atoms with Crippen molar-refractivity contribution in [2.75, 3.05) is 13.7 Å². The molecule has 1 aromatic carbocycles. The Morgan fingerprint density at radius 1 is 1.21 bits per heavy atom. The number of ether oxygens (including phenoxy) is 1. The van der Waals surface area contributed by atoms with Crippen molar-refractivity contribution in [2.45, 2.75) is 19.1 Å². The summed E-state index contributed by atoms with van der Waals surface area (Å²) in [4.78, 5) is 21.9. The monoisotopic (exact) mass is 405 g/mol. The Morgan fingerprint density at radius 3 is 2.48 bits per heavy atom. The molecule has 0 radical (unpaired) electrons. The van der Waals surface area contributed by atoms with E-state index >= 15 is 0 Å². The minimum Gasteiger partial charge on any atom is -0.468 e. The first kappa shape index (κ1) is 20.3. The van der Waals surface area contributed by atoms with Gasteiger partial charge in [0, 0.05) is 19.3 Å². The molecule has 2 aromatic heterocycles. The van der Waals surface area contributed by atoms with Gasteiger partial charge < -0.3 is 9.64 Å². The molecule has 3 aromatic rings. The minimum atomic E-state index is -4.45. The first-order valence-electron chi connectivity index (χ1n) is 8.62. The fourth-order valence-corrected chi connectivity index (χ4v) is 2.60. The number of rotatable bonds is 6. The Kier molecular flexibility index (Phi) is 5.81. The van der Waals surface area contributed by atoms with Crippen LogP contribution in [0.25, 0.3) is 5.69 Å². The molecule has 0 spiro atoms. The van der Waals surface area contributed by atoms with Gasteiger partial charge in [-0.1, -0.05) is 12.1 Å². The van der Waals surface area contributed by atoms with Gasteiger partial charge in [0.15, 0.2) is 6.61 Å². The number of nitrogens with zero attached hydrogens (tertiary/aromatic N) is 5. The van der Waals surface area contributed by atoms with Gasteiger partial charge in [-0.05, 0) is 30.7 Å². The van der Waals surface area contributed by atoms with Crippen LogP contribution in [-0.2, 0) is 0 Å². The molecule has 0 bridgehead atoms. The summed E-state index contributed by atoms with van der Waals surface area (Å²) in [5, 5.41) is 4.06. The zero-order chi connectivity index (χ0) is 21.0. The highest BCUT2D eigenvalue weighted by Gasteiger charge is 2.28. The number of hydrogen-bond acceptors (Lipinski definition) is 5. The molecule has 0 saturated heterocycles. The second-order valence-corrected chi connectivity index (χ2v) is 6.31. The molecule has 152 valence electrons. The van der Waals surface area contributed by atoms with Crippen molar-refractivity contribution in [3.05, 3.63) is 66.4 Å². The van der Waals surface area contributed by atoms with Crippen molar-refractivity contribution in [1.29, 1.82) is 0 Å². The maximum Gasteiger partial charge on any atom is 0.422 e. The summed E-state index contributed by atoms with van der Waals surface area (Å²) in [6.07, 6.45) is -0.222. The standard InChI is InChI=1S/C19H18F3N5O2/c1-13(14-3-6-16(7-4-14)27-12-23-11-25-27)26(2)18(28)15-5-8-17(24-9-15)29-10-19(20,21)22/h3-9,11-13H,10H2,1-2H3. The lowest BCUT2D eigenvalue weighted by Gasteiger charge is -2.25. The van der Waals surface area contributed by atoms with Crippen molar-refractivity contribution >= 4 is 5.91 Å². The van der Waals surface area contributed by atoms with Crippen LogP contribution >= 0.6 is 0 Å². The van der Waals surface area contributed by atoms with Crippen LogP contribution in [0.4, 0.5) is 13.2 Å². The quantitative estimate of drug-likeness (QED) is 0.628. The molecule has 29 heavy (non-hydrogen) atoms. The van der Waals surface area contributed by atoms with E-state index in [1.54, 1.807) is 18.1 Å². The summed E-state index contributed by atoms with van der Waals surface area (Å²) in [5.41, 5.74) is 1.99. The molecule has 0 aliphatic carbocycles. The zero-order valence-electron chi connectivity index (χ0n) is 15.7. The predicted molar refractivity (Wildman–Crippen MR) is 97.7 cm³/mol. The normalized spacial score (nSPS) is 12.4. The Labute approximate surface area is 164 Å². The lowest BCUT2D eigenvalue weighted by molar-refractivity contribution is -0.154. The third-order valence-corrected chi connectivity index (χ3v) is 4.33. The predicted octanol–water partition coefficient (Wildman–Crippen LogP) is 3.44. The summed E-state index contributed by atoms with van der Waals surface area (Å²) in [6.45, 7) is 0.436. The van der Waals surface area contributed by atoms with E-state index in [0.717, 1.165) is 11.3 Å². The summed E-state index contributed by atoms with van der Waals surface area (Å²) in [7, 11) is 1.65. The molecule has 0 N–H and O–H groups in total. The van der Waals surface area contributed by atoms with Crippen LogP contribution in [0.15, 0.2) is 55.2 Å². The van der Waals surface area contributed by atoms with Gasteiger partial charge in [-0.2, -0.15) is 18.3 Å². The van der Waals surface area contributed by atoms with Gasteiger partial charge in [-0.3, -0.25) is 4.79 Å². The topological polar surface area (TPSA) is 73.1 Å². The van der Waals surface area contributed by atoms with Gasteiger partial charge in [0.1, 0.15) is 12.7 Å². The van der Waals surface area contributed by atoms with Gasteiger partial charge in [-0.15, -0.1) is 0 Å². The molecule has 1 atom stereocenters. The molecule has 0 saturated carbocycles. The molecule has 1 amide bonds. The van der Waals surface area contributed by atoms with Gasteiger partial charge >= 0.3 is 6.18 Å². The summed E-state index contributed by atoms with van der Waals surface area (Å²) in [6, 6.07) is 9.90. The van der Waals surface area contributed by atoms with E-state index in [0.29, 0.717) is 0 Å². The third kappa shape index (κ3) is 5.09. The number of pyridine rings is 1. The highest BCUT2D eigenvalue weighted by molar-refractivity contribution is 5.94. The molecule has 10 heteroatoms. The number of aromatic nitrogens is 4. The van der Waals surface area contributed by atoms with E-state index in [1.165, 1.54) is 29.6 Å². The number of hydrogen-bond donors (Lipinski definition) is 0. The second-order valence-electron chi connectivity index (χ2n) is 6.31. The van der Waals surface area contributed by atoms with E-state index in [-0.39, 0.29) is 23.4 Å². The van der Waals surface area contributed by atoms with Crippen molar-refractivity contribution in [2.24, 2.45) is 0 Å². The first-order chi connectivity index (χ1) is 13.7. The van der Waals surface area contributed by atoms with E-state index in [2.05, 4.69) is 19.8 Å². The summed E-state index contributed by atoms with van der Waals surface area (Å²) >= 11 is 0. The van der Waals surface area contributed by atoms with Gasteiger partial charge in [0.2, 0.25) is 5.88 Å². The largest absolute Gasteiger partial charge is 0.468 e. The third-order valence-electron chi connectivity index (χ3n) is 4.33. The maximum absolute atomic E-state index is 12.7. The van der Waals surface area contributed by atoms with Crippen molar-refractivity contribution < 1.29 is 22.7 Å². The van der Waals surface area contributed by atoms with Crippen LogP contribution in [0.1, 0.15) is 28.9 Å². The summed E-state index contributed by atoms with van der Waals surface area (Å²) in [5.74, 6) is -0.508. The number of halogens is 3. The van der Waals surface area contributed by atoms with Crippen LogP contribution in [0.2, 0.25) is 0 Å². The number of carbonyl (C=O) groups excluding carboxylic acids is 1. The molecule has 0 fully saturated rings. The number of benzene rings is 1. The van der Waals surface area contributed by atoms with E-state index in [4.69, 9.17) is 0 Å². The minimum absolute atomic E-state index is 0.196. The highest BCUT2D eigenvalue weighted by atomic mass is 19.4. The molecule has 7 nitrogen and oxygen atoms in total. The highest BCUT2D eigenvalue weighted by Crippen LogP contribution is 2.23. The number of carbonyl (C=O) groups is 1. The zero-order valence-corrected chi connectivity index (χ0v) is 15.7. The Morgan fingerprint density at radius 2 is 1.93 bits per heavy atom. The van der Waals surface area contributed by atoms with Crippen LogP contribution in [0.3, 0.4) is 0 Å². The van der Waals surface area contributed by atoms with E-state index < -0.39 is 12.8 Å². The average molecular weight is 405 g/mol. The SMILES string of the molecule is CC(c1ccc(-n2cncn2)cc1)N(C)C(=O)c1ccc(OCC(F)(F)F)nc1. The molecule has 0 aliphatic heterocycles. The maximum atomic E-state index is 12.7. The van der Waals surface area contributed by atoms with Gasteiger partial charge in [0.05, 0.1) is 17.3 Å². The first-order valence-corrected chi connectivity index (χ1v) is 8.62. The molecular formula is C19H18F3N5O2. The average Bonchev–Trinajstić information content (AvgIpc) is 3.25.